The lowest BCUT2D eigenvalue weighted by atomic mass is 9.91. The van der Waals surface area contributed by atoms with Crippen molar-refractivity contribution in [3.05, 3.63) is 95.3 Å². The van der Waals surface area contributed by atoms with Crippen LogP contribution in [0.5, 0.6) is 0 Å². The van der Waals surface area contributed by atoms with E-state index in [9.17, 15) is 22.7 Å². The number of ether oxygens (including phenoxy) is 1. The van der Waals surface area contributed by atoms with Gasteiger partial charge in [-0.1, -0.05) is 54.6 Å². The molecule has 0 spiro atoms. The van der Waals surface area contributed by atoms with Gasteiger partial charge in [-0.15, -0.1) is 4.40 Å². The fourth-order valence-corrected chi connectivity index (χ4v) is 6.80. The molecule has 0 bridgehead atoms. The van der Waals surface area contributed by atoms with E-state index in [4.69, 9.17) is 4.74 Å². The number of carbonyl (C=O) groups is 1. The van der Waals surface area contributed by atoms with Gasteiger partial charge < -0.3 is 14.7 Å². The third-order valence-electron chi connectivity index (χ3n) is 6.87. The molecule has 0 aliphatic carbocycles. The molecule has 9 heteroatoms. The molecular formula is C30H33FN2O5S. The summed E-state index contributed by atoms with van der Waals surface area (Å²) in [6.07, 6.45) is 0.279. The average molecular weight is 553 g/mol. The number of halogens is 1. The number of rotatable bonds is 8. The number of sulfonamides is 1. The zero-order valence-corrected chi connectivity index (χ0v) is 23.3. The molecule has 206 valence electrons. The molecule has 0 fully saturated rings. The first-order valence-electron chi connectivity index (χ1n) is 12.7. The molecule has 39 heavy (non-hydrogen) atoms. The lowest BCUT2D eigenvalue weighted by molar-refractivity contribution is 0.0795. The summed E-state index contributed by atoms with van der Waals surface area (Å²) in [5.74, 6) is -0.998. The topological polar surface area (TPSA) is 96.3 Å². The molecular weight excluding hydrogens is 519 g/mol. The highest BCUT2D eigenvalue weighted by Gasteiger charge is 2.47. The first-order chi connectivity index (χ1) is 18.4. The number of carbonyl (C=O) groups excluding carboxylic acids is 1. The Morgan fingerprint density at radius 1 is 1.03 bits per heavy atom. The third-order valence-corrected chi connectivity index (χ3v) is 8.76. The van der Waals surface area contributed by atoms with Crippen LogP contribution in [-0.4, -0.2) is 56.5 Å². The van der Waals surface area contributed by atoms with Crippen LogP contribution in [-0.2, 0) is 14.8 Å². The van der Waals surface area contributed by atoms with E-state index in [1.807, 2.05) is 24.3 Å². The summed E-state index contributed by atoms with van der Waals surface area (Å²) < 4.78 is 51.4. The Morgan fingerprint density at radius 3 is 2.15 bits per heavy atom. The number of nitrogens with zero attached hydrogens (tertiary/aromatic N) is 2. The van der Waals surface area contributed by atoms with E-state index in [-0.39, 0.29) is 31.3 Å². The second-order valence-corrected chi connectivity index (χ2v) is 12.1. The molecule has 3 aromatic carbocycles. The van der Waals surface area contributed by atoms with E-state index >= 15 is 0 Å². The Bertz CT molecular complexity index is 1470. The molecule has 0 saturated heterocycles. The van der Waals surface area contributed by atoms with Crippen LogP contribution in [0.3, 0.4) is 0 Å². The van der Waals surface area contributed by atoms with Crippen LogP contribution in [0, 0.1) is 5.82 Å². The van der Waals surface area contributed by atoms with Crippen LogP contribution in [0.4, 0.5) is 4.39 Å². The number of amides is 1. The molecule has 3 aromatic rings. The molecule has 1 N–H and O–H groups in total. The standard InChI is InChI=1S/C30H33FN2O5S/c1-30(2)28(22-13-9-20(10-14-22)21-11-15-23(16-12-21)29(35)33(3)4)39(36,37)32-27(38-30)19-24(17-18-34)25-7-5-6-8-26(25)31/h5-16,24,28,34H,17-19H2,1-4H3/t24-,28?/m1/s1. The highest BCUT2D eigenvalue weighted by Crippen LogP contribution is 2.42. The molecule has 0 saturated carbocycles. The SMILES string of the molecule is CN(C)C(=O)c1ccc(-c2ccc(C3C(C)(C)OC(C[C@@H](CCO)c4ccccc4F)=NS3(=O)=O)cc2)cc1. The molecule has 0 aromatic heterocycles. The fraction of sp³-hybridized carbons (Fsp3) is 0.333. The van der Waals surface area contributed by atoms with Gasteiger partial charge in [0.2, 0.25) is 5.90 Å². The van der Waals surface area contributed by atoms with E-state index in [1.54, 1.807) is 70.4 Å². The summed E-state index contributed by atoms with van der Waals surface area (Å²) in [7, 11) is -0.628. The van der Waals surface area contributed by atoms with Gasteiger partial charge in [-0.05, 0) is 66.6 Å². The Kier molecular flexibility index (Phi) is 8.23. The van der Waals surface area contributed by atoms with Crippen molar-refractivity contribution in [1.29, 1.82) is 0 Å². The van der Waals surface area contributed by atoms with Crippen molar-refractivity contribution in [3.63, 3.8) is 0 Å². The van der Waals surface area contributed by atoms with E-state index in [0.717, 1.165) is 11.1 Å². The highest BCUT2D eigenvalue weighted by atomic mass is 32.2. The summed E-state index contributed by atoms with van der Waals surface area (Å²) in [4.78, 5) is 13.7. The van der Waals surface area contributed by atoms with Crippen molar-refractivity contribution < 1.29 is 27.4 Å². The molecule has 1 aliphatic rings. The van der Waals surface area contributed by atoms with Gasteiger partial charge in [0.1, 0.15) is 16.7 Å². The van der Waals surface area contributed by atoms with Crippen molar-refractivity contribution in [2.45, 2.75) is 43.5 Å². The predicted molar refractivity (Wildman–Crippen MR) is 150 cm³/mol. The van der Waals surface area contributed by atoms with Gasteiger partial charge in [0.25, 0.3) is 15.9 Å². The second-order valence-electron chi connectivity index (χ2n) is 10.4. The van der Waals surface area contributed by atoms with Gasteiger partial charge in [-0.3, -0.25) is 4.79 Å². The lowest BCUT2D eigenvalue weighted by Crippen LogP contribution is -2.43. The summed E-state index contributed by atoms with van der Waals surface area (Å²) in [6.45, 7) is 3.21. The maximum Gasteiger partial charge on any atom is 0.267 e. The summed E-state index contributed by atoms with van der Waals surface area (Å²) in [5.41, 5.74) is 2.11. The zero-order chi connectivity index (χ0) is 28.4. The van der Waals surface area contributed by atoms with Gasteiger partial charge in [0.05, 0.1) is 0 Å². The van der Waals surface area contributed by atoms with Crippen molar-refractivity contribution in [2.24, 2.45) is 4.40 Å². The first kappa shape index (κ1) is 28.4. The van der Waals surface area contributed by atoms with Crippen molar-refractivity contribution in [1.82, 2.24) is 4.90 Å². The van der Waals surface area contributed by atoms with E-state index < -0.39 is 32.6 Å². The highest BCUT2D eigenvalue weighted by molar-refractivity contribution is 7.90. The van der Waals surface area contributed by atoms with Crippen molar-refractivity contribution in [2.75, 3.05) is 20.7 Å². The van der Waals surface area contributed by atoms with Crippen molar-refractivity contribution in [3.8, 4) is 11.1 Å². The monoisotopic (exact) mass is 552 g/mol. The van der Waals surface area contributed by atoms with Crippen LogP contribution < -0.4 is 0 Å². The van der Waals surface area contributed by atoms with Crippen LogP contribution in [0.25, 0.3) is 11.1 Å². The van der Waals surface area contributed by atoms with E-state index in [2.05, 4.69) is 4.40 Å². The summed E-state index contributed by atoms with van der Waals surface area (Å²) >= 11 is 0. The Morgan fingerprint density at radius 2 is 1.62 bits per heavy atom. The van der Waals surface area contributed by atoms with Crippen LogP contribution in [0.15, 0.2) is 77.2 Å². The van der Waals surface area contributed by atoms with Gasteiger partial charge >= 0.3 is 0 Å². The number of hydrogen-bond donors (Lipinski definition) is 1. The lowest BCUT2D eigenvalue weighted by Gasteiger charge is -2.38. The van der Waals surface area contributed by atoms with E-state index in [0.29, 0.717) is 16.7 Å². The van der Waals surface area contributed by atoms with Crippen molar-refractivity contribution >= 4 is 21.8 Å². The molecule has 1 unspecified atom stereocenters. The molecule has 1 amide bonds. The smallest absolute Gasteiger partial charge is 0.267 e. The van der Waals surface area contributed by atoms with Crippen LogP contribution in [0.1, 0.15) is 59.3 Å². The molecule has 1 heterocycles. The maximum absolute atomic E-state index is 14.4. The Hall–Kier alpha value is -3.56. The minimum absolute atomic E-state index is 0.00179. The van der Waals surface area contributed by atoms with Gasteiger partial charge in [-0.25, -0.2) is 12.8 Å². The predicted octanol–water partition coefficient (Wildman–Crippen LogP) is 5.33. The summed E-state index contributed by atoms with van der Waals surface area (Å²) in [5, 5.41) is 8.49. The number of hydrogen-bond acceptors (Lipinski definition) is 5. The fourth-order valence-electron chi connectivity index (χ4n) is 5.04. The number of aliphatic hydroxyl groups excluding tert-OH is 1. The Balaban J connectivity index is 1.59. The normalized spacial score (nSPS) is 18.5. The largest absolute Gasteiger partial charge is 0.472 e. The molecule has 0 radical (unpaired) electrons. The number of aliphatic hydroxyl groups is 1. The van der Waals surface area contributed by atoms with Gasteiger partial charge in [-0.2, -0.15) is 0 Å². The van der Waals surface area contributed by atoms with E-state index in [1.165, 1.54) is 11.0 Å². The Labute approximate surface area is 229 Å². The van der Waals surface area contributed by atoms with Gasteiger partial charge in [0.15, 0.2) is 0 Å². The first-order valence-corrected chi connectivity index (χ1v) is 14.2. The number of benzene rings is 3. The van der Waals surface area contributed by atoms with Crippen LogP contribution >= 0.6 is 0 Å². The zero-order valence-electron chi connectivity index (χ0n) is 22.5. The molecule has 4 rings (SSSR count). The average Bonchev–Trinajstić information content (AvgIpc) is 2.87. The molecule has 2 atom stereocenters. The quantitative estimate of drug-likeness (QED) is 0.408. The van der Waals surface area contributed by atoms with Crippen LogP contribution in [0.2, 0.25) is 0 Å². The summed E-state index contributed by atoms with van der Waals surface area (Å²) in [6, 6.07) is 20.6. The minimum Gasteiger partial charge on any atom is -0.472 e. The molecule has 1 aliphatic heterocycles. The minimum atomic E-state index is -4.02. The van der Waals surface area contributed by atoms with Gasteiger partial charge in [0, 0.05) is 32.7 Å². The molecule has 7 nitrogen and oxygen atoms in total. The second kappa shape index (κ2) is 11.3. The third kappa shape index (κ3) is 6.20. The maximum atomic E-state index is 14.4.